The quantitative estimate of drug-likeness (QED) is 0.692. The molecule has 1 aliphatic carbocycles. The van der Waals surface area contributed by atoms with E-state index < -0.39 is 55.0 Å². The van der Waals surface area contributed by atoms with Crippen molar-refractivity contribution in [1.82, 2.24) is 5.32 Å². The molecule has 0 heterocycles. The van der Waals surface area contributed by atoms with E-state index in [2.05, 4.69) is 5.32 Å². The van der Waals surface area contributed by atoms with Gasteiger partial charge < -0.3 is 15.5 Å². The second-order valence-electron chi connectivity index (χ2n) is 4.63. The summed E-state index contributed by atoms with van der Waals surface area (Å²) in [6.07, 6.45) is -1.63. The minimum absolute atomic E-state index is 0.0295. The Morgan fingerprint density at radius 3 is 2.16 bits per heavy atom. The number of carbonyl (C=O) groups excluding carboxylic acids is 1. The molecule has 0 radical (unpaired) electrons. The standard InChI is InChI=1S/C11H15F2NO5/c12-11(13)3-1-6(2-4-11)9(17)14-7(10(18)19)5-8(15)16/h6-7H,1-5H2,(H,14,17)(H,15,16)(H,18,19)/t7-/m0/s1. The maximum Gasteiger partial charge on any atom is 0.326 e. The molecule has 1 rings (SSSR count). The molecule has 1 amide bonds. The Kier molecular flexibility index (Phi) is 4.79. The first-order chi connectivity index (χ1) is 8.71. The second-order valence-corrected chi connectivity index (χ2v) is 4.63. The molecule has 1 fully saturated rings. The van der Waals surface area contributed by atoms with E-state index in [4.69, 9.17) is 10.2 Å². The molecule has 0 saturated heterocycles. The van der Waals surface area contributed by atoms with Crippen LogP contribution in [0.25, 0.3) is 0 Å². The topological polar surface area (TPSA) is 104 Å². The van der Waals surface area contributed by atoms with Crippen LogP contribution in [0.1, 0.15) is 32.1 Å². The minimum Gasteiger partial charge on any atom is -0.481 e. The third-order valence-electron chi connectivity index (χ3n) is 3.08. The van der Waals surface area contributed by atoms with Gasteiger partial charge in [-0.2, -0.15) is 0 Å². The van der Waals surface area contributed by atoms with Crippen LogP contribution in [0.5, 0.6) is 0 Å². The van der Waals surface area contributed by atoms with Gasteiger partial charge in [0.15, 0.2) is 0 Å². The van der Waals surface area contributed by atoms with Crippen LogP contribution in [-0.4, -0.2) is 40.0 Å². The molecule has 0 aromatic heterocycles. The predicted molar refractivity (Wildman–Crippen MR) is 58.7 cm³/mol. The fourth-order valence-corrected chi connectivity index (χ4v) is 1.97. The molecule has 19 heavy (non-hydrogen) atoms. The first-order valence-corrected chi connectivity index (χ1v) is 5.84. The molecule has 0 aromatic carbocycles. The second kappa shape index (κ2) is 5.94. The zero-order valence-electron chi connectivity index (χ0n) is 10.1. The summed E-state index contributed by atoms with van der Waals surface area (Å²) in [5.74, 6) is -6.96. The summed E-state index contributed by atoms with van der Waals surface area (Å²) in [4.78, 5) is 32.9. The third kappa shape index (κ3) is 4.80. The van der Waals surface area contributed by atoms with Gasteiger partial charge in [0, 0.05) is 18.8 Å². The van der Waals surface area contributed by atoms with Crippen LogP contribution in [-0.2, 0) is 14.4 Å². The van der Waals surface area contributed by atoms with Crippen molar-refractivity contribution in [2.24, 2.45) is 5.92 Å². The summed E-state index contributed by atoms with van der Waals surface area (Å²) in [5.41, 5.74) is 0. The number of carboxylic acids is 2. The molecule has 108 valence electrons. The van der Waals surface area contributed by atoms with E-state index >= 15 is 0 Å². The minimum atomic E-state index is -2.77. The van der Waals surface area contributed by atoms with E-state index in [0.717, 1.165) is 0 Å². The summed E-state index contributed by atoms with van der Waals surface area (Å²) < 4.78 is 25.8. The number of halogens is 2. The normalized spacial score (nSPS) is 20.5. The Morgan fingerprint density at radius 1 is 1.21 bits per heavy atom. The first-order valence-electron chi connectivity index (χ1n) is 5.84. The van der Waals surface area contributed by atoms with Gasteiger partial charge in [-0.25, -0.2) is 13.6 Å². The lowest BCUT2D eigenvalue weighted by molar-refractivity contribution is -0.148. The number of aliphatic carboxylic acids is 2. The number of rotatable bonds is 5. The van der Waals surface area contributed by atoms with Crippen LogP contribution in [0.4, 0.5) is 8.78 Å². The number of alkyl halides is 2. The molecule has 8 heteroatoms. The number of carboxylic acid groups (broad SMARTS) is 2. The summed E-state index contributed by atoms with van der Waals surface area (Å²) in [6, 6.07) is -1.53. The molecule has 0 bridgehead atoms. The van der Waals surface area contributed by atoms with Crippen molar-refractivity contribution in [3.63, 3.8) is 0 Å². The molecule has 0 aliphatic heterocycles. The number of nitrogens with one attached hydrogen (secondary N) is 1. The van der Waals surface area contributed by atoms with Crippen LogP contribution >= 0.6 is 0 Å². The van der Waals surface area contributed by atoms with Crippen molar-refractivity contribution >= 4 is 17.8 Å². The van der Waals surface area contributed by atoms with Gasteiger partial charge in [0.1, 0.15) is 6.04 Å². The highest BCUT2D eigenvalue weighted by Crippen LogP contribution is 2.36. The van der Waals surface area contributed by atoms with Gasteiger partial charge in [-0.3, -0.25) is 9.59 Å². The van der Waals surface area contributed by atoms with E-state index in [1.807, 2.05) is 0 Å². The molecule has 0 spiro atoms. The third-order valence-corrected chi connectivity index (χ3v) is 3.08. The van der Waals surface area contributed by atoms with Crippen LogP contribution in [0, 0.1) is 5.92 Å². The SMILES string of the molecule is O=C(O)C[C@H](NC(=O)C1CCC(F)(F)CC1)C(=O)O. The Bertz CT molecular complexity index is 375. The molecule has 6 nitrogen and oxygen atoms in total. The molecule has 1 atom stereocenters. The monoisotopic (exact) mass is 279 g/mol. The zero-order valence-corrected chi connectivity index (χ0v) is 10.1. The average Bonchev–Trinajstić information content (AvgIpc) is 2.27. The summed E-state index contributed by atoms with van der Waals surface area (Å²) in [5, 5.41) is 19.3. The van der Waals surface area contributed by atoms with Crippen molar-refractivity contribution in [3.05, 3.63) is 0 Å². The lowest BCUT2D eigenvalue weighted by Gasteiger charge is -2.28. The van der Waals surface area contributed by atoms with Gasteiger partial charge in [-0.05, 0) is 12.8 Å². The van der Waals surface area contributed by atoms with Crippen molar-refractivity contribution in [2.75, 3.05) is 0 Å². The molecule has 1 saturated carbocycles. The molecular formula is C11H15F2NO5. The first kappa shape index (κ1) is 15.3. The Balaban J connectivity index is 2.53. The average molecular weight is 279 g/mol. The maximum absolute atomic E-state index is 12.9. The molecular weight excluding hydrogens is 264 g/mol. The van der Waals surface area contributed by atoms with Gasteiger partial charge in [0.2, 0.25) is 11.8 Å². The van der Waals surface area contributed by atoms with E-state index in [0.29, 0.717) is 0 Å². The zero-order chi connectivity index (χ0) is 14.6. The van der Waals surface area contributed by atoms with Gasteiger partial charge in [0.25, 0.3) is 0 Å². The highest BCUT2D eigenvalue weighted by Gasteiger charge is 2.38. The van der Waals surface area contributed by atoms with Crippen LogP contribution in [0.3, 0.4) is 0 Å². The van der Waals surface area contributed by atoms with Crippen molar-refractivity contribution in [2.45, 2.75) is 44.1 Å². The number of amides is 1. The largest absolute Gasteiger partial charge is 0.481 e. The van der Waals surface area contributed by atoms with Crippen LogP contribution in [0.15, 0.2) is 0 Å². The fourth-order valence-electron chi connectivity index (χ4n) is 1.97. The predicted octanol–water partition coefficient (Wildman–Crippen LogP) is 0.856. The van der Waals surface area contributed by atoms with Crippen molar-refractivity contribution < 1.29 is 33.4 Å². The van der Waals surface area contributed by atoms with Crippen LogP contribution < -0.4 is 5.32 Å². The Hall–Kier alpha value is -1.73. The number of hydrogen-bond acceptors (Lipinski definition) is 3. The number of carbonyl (C=O) groups is 3. The van der Waals surface area contributed by atoms with E-state index in [1.165, 1.54) is 0 Å². The van der Waals surface area contributed by atoms with Crippen molar-refractivity contribution in [3.8, 4) is 0 Å². The Labute approximate surface area is 107 Å². The van der Waals surface area contributed by atoms with Crippen LogP contribution in [0.2, 0.25) is 0 Å². The molecule has 1 aliphatic rings. The van der Waals surface area contributed by atoms with E-state index in [1.54, 1.807) is 0 Å². The van der Waals surface area contributed by atoms with Crippen molar-refractivity contribution in [1.29, 1.82) is 0 Å². The maximum atomic E-state index is 12.9. The summed E-state index contributed by atoms with van der Waals surface area (Å²) in [7, 11) is 0. The van der Waals surface area contributed by atoms with E-state index in [-0.39, 0.29) is 12.8 Å². The van der Waals surface area contributed by atoms with Gasteiger partial charge in [-0.15, -0.1) is 0 Å². The molecule has 0 unspecified atom stereocenters. The fraction of sp³-hybridized carbons (Fsp3) is 0.727. The highest BCUT2D eigenvalue weighted by molar-refractivity contribution is 5.87. The smallest absolute Gasteiger partial charge is 0.326 e. The molecule has 3 N–H and O–H groups in total. The summed E-state index contributed by atoms with van der Waals surface area (Å²) >= 11 is 0. The lowest BCUT2D eigenvalue weighted by atomic mass is 9.86. The van der Waals surface area contributed by atoms with Gasteiger partial charge >= 0.3 is 11.9 Å². The Morgan fingerprint density at radius 2 is 1.74 bits per heavy atom. The van der Waals surface area contributed by atoms with Gasteiger partial charge in [0.05, 0.1) is 6.42 Å². The lowest BCUT2D eigenvalue weighted by Crippen LogP contribution is -2.46. The van der Waals surface area contributed by atoms with E-state index in [9.17, 15) is 23.2 Å². The molecule has 0 aromatic rings. The highest BCUT2D eigenvalue weighted by atomic mass is 19.3. The number of hydrogen-bond donors (Lipinski definition) is 3. The summed E-state index contributed by atoms with van der Waals surface area (Å²) in [6.45, 7) is 0. The van der Waals surface area contributed by atoms with Gasteiger partial charge in [-0.1, -0.05) is 0 Å².